The van der Waals surface area contributed by atoms with Gasteiger partial charge in [0.05, 0.1) is 12.7 Å². The molecule has 0 saturated carbocycles. The second kappa shape index (κ2) is 6.86. The van der Waals surface area contributed by atoms with Crippen LogP contribution in [-0.2, 0) is 12.8 Å². The molecule has 144 valence electrons. The van der Waals surface area contributed by atoms with Crippen LogP contribution in [0, 0.1) is 11.3 Å². The van der Waals surface area contributed by atoms with Gasteiger partial charge in [-0.15, -0.1) is 11.3 Å². The van der Waals surface area contributed by atoms with E-state index in [4.69, 9.17) is 4.74 Å². The van der Waals surface area contributed by atoms with Gasteiger partial charge in [0, 0.05) is 10.4 Å². The minimum atomic E-state index is -0.260. The number of carbonyl (C=O) groups excluding carboxylic acids is 1. The molecule has 0 radical (unpaired) electrons. The largest absolute Gasteiger partial charge is 0.496 e. The Kier molecular flexibility index (Phi) is 4.66. The van der Waals surface area contributed by atoms with Crippen molar-refractivity contribution >= 4 is 22.2 Å². The topological polar surface area (TPSA) is 50.4 Å². The molecule has 2 heterocycles. The molecule has 2 atom stereocenters. The van der Waals surface area contributed by atoms with Gasteiger partial charge in [-0.25, -0.2) is 0 Å². The van der Waals surface area contributed by atoms with Gasteiger partial charge in [-0.2, -0.15) is 0 Å². The van der Waals surface area contributed by atoms with Crippen LogP contribution >= 0.6 is 11.3 Å². The number of hydrogen-bond donors (Lipinski definition) is 2. The van der Waals surface area contributed by atoms with Gasteiger partial charge >= 0.3 is 0 Å². The summed E-state index contributed by atoms with van der Waals surface area (Å²) in [7, 11) is 1.66. The summed E-state index contributed by atoms with van der Waals surface area (Å²) in [5.74, 6) is 1.50. The van der Waals surface area contributed by atoms with Crippen molar-refractivity contribution in [2.45, 2.75) is 52.6 Å². The lowest BCUT2D eigenvalue weighted by Crippen LogP contribution is -2.38. The third-order valence-electron chi connectivity index (χ3n) is 6.51. The zero-order valence-electron chi connectivity index (χ0n) is 16.5. The Labute approximate surface area is 165 Å². The Bertz CT molecular complexity index is 871. The Morgan fingerprint density at radius 2 is 2.04 bits per heavy atom. The molecule has 2 N–H and O–H groups in total. The van der Waals surface area contributed by atoms with E-state index in [1.165, 1.54) is 23.3 Å². The highest BCUT2D eigenvalue weighted by Gasteiger charge is 2.37. The van der Waals surface area contributed by atoms with Crippen LogP contribution in [0.2, 0.25) is 0 Å². The molecule has 4 rings (SSSR count). The second-order valence-corrected chi connectivity index (χ2v) is 9.39. The minimum absolute atomic E-state index is 0.0327. The standard InChI is InChI=1S/C22H28N2O2S/c1-5-22(2,3)13-10-11-15-17(12-13)27-21-18(15)20(25)23-19(24-21)14-8-6-7-9-16(14)26-4/h6-9,13,19,24H,5,10-12H2,1-4H3,(H,23,25)/t13-,19+/m1/s1. The van der Waals surface area contributed by atoms with E-state index < -0.39 is 0 Å². The van der Waals surface area contributed by atoms with Crippen LogP contribution in [0.4, 0.5) is 5.00 Å². The summed E-state index contributed by atoms with van der Waals surface area (Å²) in [5.41, 5.74) is 3.43. The van der Waals surface area contributed by atoms with E-state index in [9.17, 15) is 4.79 Å². The van der Waals surface area contributed by atoms with Crippen LogP contribution in [-0.4, -0.2) is 13.0 Å². The molecule has 1 aromatic carbocycles. The Hall–Kier alpha value is -2.01. The molecule has 27 heavy (non-hydrogen) atoms. The average molecular weight is 385 g/mol. The highest BCUT2D eigenvalue weighted by Crippen LogP contribution is 2.47. The summed E-state index contributed by atoms with van der Waals surface area (Å²) >= 11 is 1.77. The van der Waals surface area contributed by atoms with Crippen molar-refractivity contribution in [3.8, 4) is 5.75 Å². The number of nitrogens with one attached hydrogen (secondary N) is 2. The number of rotatable bonds is 4. The highest BCUT2D eigenvalue weighted by molar-refractivity contribution is 7.16. The Balaban J connectivity index is 1.65. The predicted octanol–water partition coefficient (Wildman–Crippen LogP) is 5.15. The van der Waals surface area contributed by atoms with E-state index in [1.807, 2.05) is 24.3 Å². The quantitative estimate of drug-likeness (QED) is 0.766. The maximum absolute atomic E-state index is 13.0. The van der Waals surface area contributed by atoms with Gasteiger partial charge in [-0.3, -0.25) is 4.79 Å². The normalized spacial score (nSPS) is 21.7. The van der Waals surface area contributed by atoms with Crippen molar-refractivity contribution in [2.75, 3.05) is 12.4 Å². The maximum atomic E-state index is 13.0. The molecule has 0 unspecified atom stereocenters. The number of methoxy groups -OCH3 is 1. The van der Waals surface area contributed by atoms with Crippen LogP contribution < -0.4 is 15.4 Å². The summed E-state index contributed by atoms with van der Waals surface area (Å²) in [6.45, 7) is 7.03. The van der Waals surface area contributed by atoms with E-state index in [1.54, 1.807) is 18.4 Å². The second-order valence-electron chi connectivity index (χ2n) is 8.28. The highest BCUT2D eigenvalue weighted by atomic mass is 32.1. The molecule has 4 nitrogen and oxygen atoms in total. The molecule has 1 aliphatic carbocycles. The number of ether oxygens (including phenoxy) is 1. The van der Waals surface area contributed by atoms with Gasteiger partial charge in [0.1, 0.15) is 16.9 Å². The Morgan fingerprint density at radius 1 is 1.26 bits per heavy atom. The maximum Gasteiger partial charge on any atom is 0.256 e. The molecule has 2 aliphatic rings. The first-order chi connectivity index (χ1) is 12.9. The number of carbonyl (C=O) groups is 1. The monoisotopic (exact) mass is 384 g/mol. The van der Waals surface area contributed by atoms with E-state index in [0.29, 0.717) is 11.3 Å². The lowest BCUT2D eigenvalue weighted by atomic mass is 9.69. The molecule has 1 aromatic heterocycles. The van der Waals surface area contributed by atoms with Crippen molar-refractivity contribution in [3.63, 3.8) is 0 Å². The van der Waals surface area contributed by atoms with Gasteiger partial charge in [0.15, 0.2) is 0 Å². The van der Waals surface area contributed by atoms with Crippen molar-refractivity contribution in [1.29, 1.82) is 0 Å². The van der Waals surface area contributed by atoms with Crippen molar-refractivity contribution < 1.29 is 9.53 Å². The number of hydrogen-bond acceptors (Lipinski definition) is 4. The van der Waals surface area contributed by atoms with E-state index in [0.717, 1.165) is 34.7 Å². The van der Waals surface area contributed by atoms with Crippen LogP contribution in [0.1, 0.15) is 66.1 Å². The third-order valence-corrected chi connectivity index (χ3v) is 7.70. The van der Waals surface area contributed by atoms with Crippen LogP contribution in [0.25, 0.3) is 0 Å². The summed E-state index contributed by atoms with van der Waals surface area (Å²) in [6.07, 6.45) is 4.18. The number of amides is 1. The van der Waals surface area contributed by atoms with Gasteiger partial charge in [-0.1, -0.05) is 45.4 Å². The number of thiophene rings is 1. The molecule has 5 heteroatoms. The van der Waals surface area contributed by atoms with Gasteiger partial charge in [-0.05, 0) is 42.2 Å². The number of anilines is 1. The summed E-state index contributed by atoms with van der Waals surface area (Å²) in [5, 5.41) is 7.69. The summed E-state index contributed by atoms with van der Waals surface area (Å²) in [6, 6.07) is 7.83. The van der Waals surface area contributed by atoms with Crippen LogP contribution in [0.15, 0.2) is 24.3 Å². The first-order valence-corrected chi connectivity index (χ1v) is 10.6. The smallest absolute Gasteiger partial charge is 0.256 e. The summed E-state index contributed by atoms with van der Waals surface area (Å²) < 4.78 is 5.48. The average Bonchev–Trinajstić information content (AvgIpc) is 3.05. The molecule has 1 amide bonds. The lowest BCUT2D eigenvalue weighted by molar-refractivity contribution is 0.0934. The van der Waals surface area contributed by atoms with Gasteiger partial charge in [0.2, 0.25) is 0 Å². The zero-order valence-corrected chi connectivity index (χ0v) is 17.3. The molecule has 1 aliphatic heterocycles. The fourth-order valence-corrected chi connectivity index (χ4v) is 5.67. The van der Waals surface area contributed by atoms with Crippen LogP contribution in [0.5, 0.6) is 5.75 Å². The first-order valence-electron chi connectivity index (χ1n) is 9.79. The van der Waals surface area contributed by atoms with Gasteiger partial charge in [0.25, 0.3) is 5.91 Å². The minimum Gasteiger partial charge on any atom is -0.496 e. The molecule has 2 aromatic rings. The number of para-hydroxylation sites is 1. The molecule has 0 saturated heterocycles. The van der Waals surface area contributed by atoms with Crippen molar-refractivity contribution in [1.82, 2.24) is 5.32 Å². The lowest BCUT2D eigenvalue weighted by Gasteiger charge is -2.36. The molecule has 0 bridgehead atoms. The van der Waals surface area contributed by atoms with Gasteiger partial charge < -0.3 is 15.4 Å². The van der Waals surface area contributed by atoms with E-state index in [-0.39, 0.29) is 12.1 Å². The molecule has 0 fully saturated rings. The summed E-state index contributed by atoms with van der Waals surface area (Å²) in [4.78, 5) is 14.3. The fraction of sp³-hybridized carbons (Fsp3) is 0.500. The Morgan fingerprint density at radius 3 is 2.78 bits per heavy atom. The van der Waals surface area contributed by atoms with E-state index in [2.05, 4.69) is 31.4 Å². The zero-order chi connectivity index (χ0) is 19.2. The SMILES string of the molecule is CCC(C)(C)[C@@H]1CCc2c(sc3c2C(=O)N[C@H](c2ccccc2OC)N3)C1. The van der Waals surface area contributed by atoms with Crippen molar-refractivity contribution in [2.24, 2.45) is 11.3 Å². The van der Waals surface area contributed by atoms with Crippen molar-refractivity contribution in [3.05, 3.63) is 45.8 Å². The third kappa shape index (κ3) is 3.12. The number of fused-ring (bicyclic) bond motifs is 3. The molecular formula is C22H28N2O2S. The number of benzene rings is 1. The fourth-order valence-electron chi connectivity index (χ4n) is 4.31. The molecular weight excluding hydrogens is 356 g/mol. The van der Waals surface area contributed by atoms with Crippen LogP contribution in [0.3, 0.4) is 0 Å². The van der Waals surface area contributed by atoms with E-state index >= 15 is 0 Å². The predicted molar refractivity (Wildman–Crippen MR) is 111 cm³/mol. The molecule has 0 spiro atoms. The first kappa shape index (κ1) is 18.4.